The first-order valence-corrected chi connectivity index (χ1v) is 3.86. The molecule has 0 aliphatic carbocycles. The predicted molar refractivity (Wildman–Crippen MR) is 31.2 cm³/mol. The molecule has 1 atom stereocenters. The Bertz CT molecular complexity index is 132. The predicted octanol–water partition coefficient (Wildman–Crippen LogP) is -3.28. The van der Waals surface area contributed by atoms with Crippen molar-refractivity contribution < 1.29 is 50.7 Å². The van der Waals surface area contributed by atoms with Crippen molar-refractivity contribution in [2.45, 2.75) is 6.92 Å². The van der Waals surface area contributed by atoms with E-state index < -0.39 is 12.9 Å². The minimum Gasteiger partial charge on any atom is -1.00 e. The summed E-state index contributed by atoms with van der Waals surface area (Å²) in [5, 5.41) is 0. The topological polar surface area (TPSA) is 85.9 Å². The molecular weight excluding hydrogens is 154 g/mol. The van der Waals surface area contributed by atoms with Gasteiger partial charge in [-0.15, -0.1) is 0 Å². The van der Waals surface area contributed by atoms with Crippen molar-refractivity contribution in [3.63, 3.8) is 0 Å². The Morgan fingerprint density at radius 1 is 1.67 bits per heavy atom. The molecule has 0 aliphatic rings. The molecule has 0 radical (unpaired) electrons. The second kappa shape index (κ2) is 5.59. The van der Waals surface area contributed by atoms with Crippen LogP contribution < -0.4 is 29.6 Å². The van der Waals surface area contributed by atoms with Gasteiger partial charge in [0.25, 0.3) is 7.37 Å². The first-order valence-electron chi connectivity index (χ1n) is 1.76. The van der Waals surface area contributed by atoms with E-state index in [0.717, 1.165) is 13.6 Å². The molecule has 0 bridgehead atoms. The van der Waals surface area contributed by atoms with Crippen molar-refractivity contribution in [2.24, 2.45) is 0 Å². The molecule has 0 aromatic carbocycles. The number of carbonyl (C=O) groups excluding carboxylic acids is 1. The van der Waals surface area contributed by atoms with Gasteiger partial charge in [-0.2, -0.15) is 0 Å². The van der Waals surface area contributed by atoms with Gasteiger partial charge in [-0.1, -0.05) is 0 Å². The fourth-order valence-electron chi connectivity index (χ4n) is 0. The summed E-state index contributed by atoms with van der Waals surface area (Å²) in [6.45, 7) is 2.12. The van der Waals surface area contributed by atoms with Crippen molar-refractivity contribution in [3.05, 3.63) is 0 Å². The summed E-state index contributed by atoms with van der Waals surface area (Å²) in [7, 11) is -3.38. The molecular formula is C3H10NaO4P. The summed E-state index contributed by atoms with van der Waals surface area (Å²) in [6.07, 6.45) is 0. The molecule has 6 heteroatoms. The van der Waals surface area contributed by atoms with E-state index in [0.29, 0.717) is 0 Å². The second-order valence-electron chi connectivity index (χ2n) is 1.40. The smallest absolute Gasteiger partial charge is 1.00 e. The zero-order valence-corrected chi connectivity index (χ0v) is 8.61. The van der Waals surface area contributed by atoms with E-state index in [2.05, 4.69) is 0 Å². The summed E-state index contributed by atoms with van der Waals surface area (Å²) in [6, 6.07) is 0. The van der Waals surface area contributed by atoms with Crippen LogP contribution in [0.5, 0.6) is 0 Å². The zero-order chi connectivity index (χ0) is 6.08. The van der Waals surface area contributed by atoms with Gasteiger partial charge in [-0.05, 0) is 0 Å². The minimum atomic E-state index is -3.38. The molecule has 9 heavy (non-hydrogen) atoms. The third-order valence-corrected chi connectivity index (χ3v) is 1.75. The van der Waals surface area contributed by atoms with Crippen LogP contribution in [0.3, 0.4) is 0 Å². The number of rotatable bonds is 1. The van der Waals surface area contributed by atoms with Crippen molar-refractivity contribution in [2.75, 3.05) is 6.66 Å². The quantitative estimate of drug-likeness (QED) is 0.325. The van der Waals surface area contributed by atoms with Gasteiger partial charge < -0.3 is 11.8 Å². The molecule has 0 fully saturated rings. The van der Waals surface area contributed by atoms with E-state index in [1.165, 1.54) is 0 Å². The van der Waals surface area contributed by atoms with Crippen LogP contribution in [0.15, 0.2) is 0 Å². The fraction of sp³-hybridized carbons (Fsp3) is 0.667. The van der Waals surface area contributed by atoms with Gasteiger partial charge in [-0.3, -0.25) is 9.36 Å². The average Bonchev–Trinajstić information content (AvgIpc) is 1.31. The molecule has 1 unspecified atom stereocenters. The normalized spacial score (nSPS) is 14.1. The standard InChI is InChI=1S/C3H7O3P.Na.H2O.H/c1-3(4)7(2,5)6;;;/h1-2H3,(H,5,6);;1H2;/q;+1;;-1. The van der Waals surface area contributed by atoms with Crippen LogP contribution in [0, 0.1) is 0 Å². The molecule has 4 nitrogen and oxygen atoms in total. The average molecular weight is 164 g/mol. The molecule has 52 valence electrons. The van der Waals surface area contributed by atoms with Gasteiger partial charge in [0.05, 0.1) is 0 Å². The number of carbonyl (C=O) groups is 1. The van der Waals surface area contributed by atoms with Crippen molar-refractivity contribution >= 4 is 12.9 Å². The van der Waals surface area contributed by atoms with Crippen molar-refractivity contribution in [1.29, 1.82) is 0 Å². The van der Waals surface area contributed by atoms with Crippen LogP contribution >= 0.6 is 7.37 Å². The molecule has 0 rings (SSSR count). The summed E-state index contributed by atoms with van der Waals surface area (Å²) >= 11 is 0. The van der Waals surface area contributed by atoms with Crippen LogP contribution in [0.4, 0.5) is 0 Å². The largest absolute Gasteiger partial charge is 1.00 e. The maximum Gasteiger partial charge on any atom is 1.00 e. The van der Waals surface area contributed by atoms with Crippen LogP contribution in [0.1, 0.15) is 8.35 Å². The van der Waals surface area contributed by atoms with E-state index in [9.17, 15) is 9.36 Å². The van der Waals surface area contributed by atoms with E-state index in [-0.39, 0.29) is 36.5 Å². The van der Waals surface area contributed by atoms with Crippen LogP contribution in [-0.4, -0.2) is 22.6 Å². The molecule has 0 aromatic heterocycles. The maximum atomic E-state index is 10.1. The Hall–Kier alpha value is 0.820. The third kappa shape index (κ3) is 8.82. The van der Waals surface area contributed by atoms with Gasteiger partial charge in [0.15, 0.2) is 0 Å². The molecule has 0 amide bonds. The van der Waals surface area contributed by atoms with Crippen LogP contribution in [0.2, 0.25) is 0 Å². The van der Waals surface area contributed by atoms with Crippen LogP contribution in [-0.2, 0) is 9.36 Å². The first kappa shape index (κ1) is 16.4. The van der Waals surface area contributed by atoms with Crippen molar-refractivity contribution in [1.82, 2.24) is 0 Å². The molecule has 0 aromatic rings. The van der Waals surface area contributed by atoms with Gasteiger partial charge >= 0.3 is 29.6 Å². The van der Waals surface area contributed by atoms with E-state index >= 15 is 0 Å². The van der Waals surface area contributed by atoms with Gasteiger partial charge in [-0.25, -0.2) is 0 Å². The Labute approximate surface area is 77.2 Å². The van der Waals surface area contributed by atoms with Gasteiger partial charge in [0.1, 0.15) is 0 Å². The maximum absolute atomic E-state index is 10.1. The van der Waals surface area contributed by atoms with Gasteiger partial charge in [0.2, 0.25) is 5.52 Å². The zero-order valence-electron chi connectivity index (χ0n) is 6.71. The van der Waals surface area contributed by atoms with Gasteiger partial charge in [0, 0.05) is 13.6 Å². The van der Waals surface area contributed by atoms with Crippen LogP contribution in [0.25, 0.3) is 0 Å². The molecule has 0 saturated heterocycles. The molecule has 0 aliphatic heterocycles. The Morgan fingerprint density at radius 2 is 1.78 bits per heavy atom. The monoisotopic (exact) mass is 164 g/mol. The Morgan fingerprint density at radius 3 is 1.78 bits per heavy atom. The molecule has 3 N–H and O–H groups in total. The van der Waals surface area contributed by atoms with E-state index in [1.807, 2.05) is 0 Å². The summed E-state index contributed by atoms with van der Waals surface area (Å²) in [5.41, 5.74) is -0.646. The molecule has 0 saturated carbocycles. The summed E-state index contributed by atoms with van der Waals surface area (Å²) in [5.74, 6) is 0. The van der Waals surface area contributed by atoms with E-state index in [4.69, 9.17) is 4.89 Å². The van der Waals surface area contributed by atoms with Crippen molar-refractivity contribution in [3.8, 4) is 0 Å². The van der Waals surface area contributed by atoms with E-state index in [1.54, 1.807) is 0 Å². The first-order chi connectivity index (χ1) is 2.94. The molecule has 0 spiro atoms. The summed E-state index contributed by atoms with van der Waals surface area (Å²) in [4.78, 5) is 18.3. The number of hydrogen-bond acceptors (Lipinski definition) is 2. The Kier molecular flexibility index (Phi) is 10.2. The second-order valence-corrected chi connectivity index (χ2v) is 3.79. The number of hydrogen-bond donors (Lipinski definition) is 1. The fourth-order valence-corrected chi connectivity index (χ4v) is 0. The SMILES string of the molecule is CC(=O)P(C)(=O)O.O.[H-].[Na+]. The minimum absolute atomic E-state index is 0. The summed E-state index contributed by atoms with van der Waals surface area (Å²) < 4.78 is 10.1. The Balaban J connectivity index is -0.0000000600. The molecule has 0 heterocycles. The third-order valence-electron chi connectivity index (χ3n) is 0.584.